The molecule has 1 atom stereocenters. The first-order valence-corrected chi connectivity index (χ1v) is 11.3. The van der Waals surface area contributed by atoms with Gasteiger partial charge in [-0.15, -0.1) is 0 Å². The normalized spacial score (nSPS) is 19.0. The molecule has 2 aromatic rings. The molecule has 6 heteroatoms. The Balaban J connectivity index is 1.29. The van der Waals surface area contributed by atoms with Gasteiger partial charge in [0.05, 0.1) is 19.8 Å². The molecule has 0 radical (unpaired) electrons. The minimum absolute atomic E-state index is 0.0531. The summed E-state index contributed by atoms with van der Waals surface area (Å²) in [5, 5.41) is 2.96. The van der Waals surface area contributed by atoms with Gasteiger partial charge in [-0.05, 0) is 60.4 Å². The van der Waals surface area contributed by atoms with E-state index < -0.39 is 0 Å². The van der Waals surface area contributed by atoms with Gasteiger partial charge in [0.1, 0.15) is 5.75 Å². The Morgan fingerprint density at radius 2 is 1.90 bits per heavy atom. The lowest BCUT2D eigenvalue weighted by atomic mass is 9.95. The van der Waals surface area contributed by atoms with Crippen molar-refractivity contribution in [1.29, 1.82) is 0 Å². The van der Waals surface area contributed by atoms with Crippen LogP contribution in [0.1, 0.15) is 37.0 Å². The summed E-state index contributed by atoms with van der Waals surface area (Å²) in [6, 6.07) is 14.6. The van der Waals surface area contributed by atoms with E-state index in [9.17, 15) is 4.79 Å². The molecule has 4 rings (SSSR count). The van der Waals surface area contributed by atoms with Crippen molar-refractivity contribution < 1.29 is 14.3 Å². The van der Waals surface area contributed by atoms with E-state index in [1.807, 2.05) is 25.1 Å². The molecule has 0 unspecified atom stereocenters. The summed E-state index contributed by atoms with van der Waals surface area (Å²) in [6.07, 6.45) is 2.53. The fraction of sp³-hybridized carbons (Fsp3) is 0.480. The average Bonchev–Trinajstić information content (AvgIpc) is 2.83. The van der Waals surface area contributed by atoms with Crippen molar-refractivity contribution in [3.63, 3.8) is 0 Å². The number of anilines is 2. The van der Waals surface area contributed by atoms with Gasteiger partial charge in [0.25, 0.3) is 0 Å². The van der Waals surface area contributed by atoms with Crippen molar-refractivity contribution in [3.8, 4) is 5.75 Å². The zero-order chi connectivity index (χ0) is 21.6. The molecule has 0 aromatic heterocycles. The van der Waals surface area contributed by atoms with Crippen LogP contribution < -0.4 is 15.0 Å². The maximum absolute atomic E-state index is 11.7. The van der Waals surface area contributed by atoms with Crippen LogP contribution >= 0.6 is 0 Å². The molecular weight excluding hydrogens is 390 g/mol. The Labute approximate surface area is 185 Å². The van der Waals surface area contributed by atoms with Gasteiger partial charge in [0.15, 0.2) is 0 Å². The number of amides is 1. The summed E-state index contributed by atoms with van der Waals surface area (Å²) in [5.41, 5.74) is 4.73. The van der Waals surface area contributed by atoms with E-state index in [-0.39, 0.29) is 12.0 Å². The van der Waals surface area contributed by atoms with Gasteiger partial charge in [-0.1, -0.05) is 13.0 Å². The number of benzene rings is 2. The van der Waals surface area contributed by atoms with Crippen LogP contribution in [0.4, 0.5) is 11.4 Å². The van der Waals surface area contributed by atoms with E-state index in [0.717, 1.165) is 63.6 Å². The van der Waals surface area contributed by atoms with Gasteiger partial charge in [0.2, 0.25) is 5.91 Å². The molecule has 166 valence electrons. The maximum atomic E-state index is 11.7. The fourth-order valence-electron chi connectivity index (χ4n) is 4.43. The first-order valence-electron chi connectivity index (χ1n) is 11.3. The van der Waals surface area contributed by atoms with Crippen molar-refractivity contribution in [2.75, 3.05) is 56.7 Å². The quantitative estimate of drug-likeness (QED) is 0.733. The number of piperazine rings is 1. The lowest BCUT2D eigenvalue weighted by molar-refractivity contribution is -0.115. The van der Waals surface area contributed by atoms with Gasteiger partial charge < -0.3 is 19.7 Å². The smallest absolute Gasteiger partial charge is 0.224 e. The van der Waals surface area contributed by atoms with E-state index in [4.69, 9.17) is 9.47 Å². The highest BCUT2D eigenvalue weighted by Crippen LogP contribution is 2.32. The first-order chi connectivity index (χ1) is 15.2. The molecular formula is C25H33N3O3. The van der Waals surface area contributed by atoms with Crippen molar-refractivity contribution in [2.45, 2.75) is 32.3 Å². The monoisotopic (exact) mass is 423 g/mol. The first kappa shape index (κ1) is 21.7. The van der Waals surface area contributed by atoms with Crippen LogP contribution in [0.2, 0.25) is 0 Å². The number of nitrogens with one attached hydrogen (secondary N) is 1. The Kier molecular flexibility index (Phi) is 7.10. The van der Waals surface area contributed by atoms with Crippen LogP contribution in [0.3, 0.4) is 0 Å². The average molecular weight is 424 g/mol. The number of hydrogen-bond donors (Lipinski definition) is 1. The molecule has 1 saturated heterocycles. The SMILES string of the molecule is CCC(=O)Nc1ccc2c(c1)CCO[C@H]2CCN1CCN(c2ccc(OC)cc2)CC1. The molecule has 0 saturated carbocycles. The highest BCUT2D eigenvalue weighted by Gasteiger charge is 2.23. The highest BCUT2D eigenvalue weighted by molar-refractivity contribution is 5.90. The number of carbonyl (C=O) groups is 1. The molecule has 1 amide bonds. The third kappa shape index (κ3) is 5.38. The summed E-state index contributed by atoms with van der Waals surface area (Å²) >= 11 is 0. The summed E-state index contributed by atoms with van der Waals surface area (Å²) in [6.45, 7) is 7.85. The second-order valence-electron chi connectivity index (χ2n) is 8.24. The van der Waals surface area contributed by atoms with E-state index in [0.29, 0.717) is 6.42 Å². The predicted octanol–water partition coefficient (Wildman–Crippen LogP) is 3.87. The Bertz CT molecular complexity index is 876. The molecule has 1 fully saturated rings. The molecule has 0 spiro atoms. The Morgan fingerprint density at radius 3 is 2.61 bits per heavy atom. The largest absolute Gasteiger partial charge is 0.497 e. The molecule has 31 heavy (non-hydrogen) atoms. The van der Waals surface area contributed by atoms with Crippen molar-refractivity contribution in [2.24, 2.45) is 0 Å². The van der Waals surface area contributed by atoms with Gasteiger partial charge in [-0.25, -0.2) is 0 Å². The zero-order valence-electron chi connectivity index (χ0n) is 18.6. The molecule has 1 N–H and O–H groups in total. The number of hydrogen-bond acceptors (Lipinski definition) is 5. The highest BCUT2D eigenvalue weighted by atomic mass is 16.5. The van der Waals surface area contributed by atoms with Gasteiger partial charge in [0, 0.05) is 50.5 Å². The van der Waals surface area contributed by atoms with Crippen LogP contribution in [-0.4, -0.2) is 57.2 Å². The standard InChI is InChI=1S/C25H33N3O3/c1-3-25(29)26-20-4-9-23-19(18-20)11-17-31-24(23)10-12-27-13-15-28(16-14-27)21-5-7-22(30-2)8-6-21/h4-9,18,24H,3,10-17H2,1-2H3,(H,26,29)/t24-/m0/s1. The van der Waals surface area contributed by atoms with E-state index in [1.165, 1.54) is 16.8 Å². The van der Waals surface area contributed by atoms with Crippen LogP contribution in [0.15, 0.2) is 42.5 Å². The van der Waals surface area contributed by atoms with E-state index in [2.05, 4.69) is 39.4 Å². The summed E-state index contributed by atoms with van der Waals surface area (Å²) in [4.78, 5) is 16.7. The zero-order valence-corrected chi connectivity index (χ0v) is 18.6. The van der Waals surface area contributed by atoms with Crippen LogP contribution in [0.5, 0.6) is 5.75 Å². The second kappa shape index (κ2) is 10.2. The predicted molar refractivity (Wildman–Crippen MR) is 124 cm³/mol. The Hall–Kier alpha value is -2.57. The number of rotatable bonds is 7. The van der Waals surface area contributed by atoms with E-state index >= 15 is 0 Å². The van der Waals surface area contributed by atoms with Crippen molar-refractivity contribution in [3.05, 3.63) is 53.6 Å². The molecule has 6 nitrogen and oxygen atoms in total. The molecule has 2 aliphatic rings. The lowest BCUT2D eigenvalue weighted by Gasteiger charge is -2.37. The summed E-state index contributed by atoms with van der Waals surface area (Å²) < 4.78 is 11.4. The third-order valence-corrected chi connectivity index (χ3v) is 6.30. The number of methoxy groups -OCH3 is 1. The summed E-state index contributed by atoms with van der Waals surface area (Å²) in [5.74, 6) is 0.951. The van der Waals surface area contributed by atoms with Crippen molar-refractivity contribution in [1.82, 2.24) is 4.90 Å². The van der Waals surface area contributed by atoms with Crippen LogP contribution in [0, 0.1) is 0 Å². The Morgan fingerprint density at radius 1 is 1.13 bits per heavy atom. The number of fused-ring (bicyclic) bond motifs is 1. The maximum Gasteiger partial charge on any atom is 0.224 e. The van der Waals surface area contributed by atoms with Crippen LogP contribution in [0.25, 0.3) is 0 Å². The number of nitrogens with zero attached hydrogens (tertiary/aromatic N) is 2. The second-order valence-corrected chi connectivity index (χ2v) is 8.24. The topological polar surface area (TPSA) is 54.0 Å². The lowest BCUT2D eigenvalue weighted by Crippen LogP contribution is -2.46. The number of ether oxygens (including phenoxy) is 2. The number of carbonyl (C=O) groups excluding carboxylic acids is 1. The van der Waals surface area contributed by atoms with Crippen molar-refractivity contribution >= 4 is 17.3 Å². The fourth-order valence-corrected chi connectivity index (χ4v) is 4.43. The molecule has 2 aromatic carbocycles. The molecule has 0 bridgehead atoms. The van der Waals surface area contributed by atoms with Gasteiger partial charge >= 0.3 is 0 Å². The summed E-state index contributed by atoms with van der Waals surface area (Å²) in [7, 11) is 1.70. The third-order valence-electron chi connectivity index (χ3n) is 6.30. The molecule has 2 aliphatic heterocycles. The molecule has 2 heterocycles. The van der Waals surface area contributed by atoms with Gasteiger partial charge in [-0.3, -0.25) is 9.69 Å². The van der Waals surface area contributed by atoms with E-state index in [1.54, 1.807) is 7.11 Å². The van der Waals surface area contributed by atoms with Crippen LogP contribution in [-0.2, 0) is 16.0 Å². The minimum atomic E-state index is 0.0531. The minimum Gasteiger partial charge on any atom is -0.497 e. The van der Waals surface area contributed by atoms with Gasteiger partial charge in [-0.2, -0.15) is 0 Å². The molecule has 0 aliphatic carbocycles.